The Kier molecular flexibility index (Phi) is 8.93. The normalized spacial score (nSPS) is 19.1. The molecule has 1 aromatic carbocycles. The summed E-state index contributed by atoms with van der Waals surface area (Å²) in [5.41, 5.74) is 1.15. The van der Waals surface area contributed by atoms with Gasteiger partial charge in [-0.15, -0.1) is 0 Å². The Bertz CT molecular complexity index is 1230. The summed E-state index contributed by atoms with van der Waals surface area (Å²) in [6, 6.07) is 11.9. The molecular formula is C27H32ClN7OS2. The molecule has 5 rings (SSSR count). The van der Waals surface area contributed by atoms with E-state index in [1.165, 1.54) is 23.7 Å². The molecule has 200 valence electrons. The minimum atomic E-state index is -0.0904. The lowest BCUT2D eigenvalue weighted by molar-refractivity contribution is 0.0515. The summed E-state index contributed by atoms with van der Waals surface area (Å²) in [6.07, 6.45) is 7.65. The first kappa shape index (κ1) is 27.1. The van der Waals surface area contributed by atoms with E-state index in [4.69, 9.17) is 38.5 Å². The van der Waals surface area contributed by atoms with Crippen molar-refractivity contribution in [2.24, 2.45) is 5.92 Å². The summed E-state index contributed by atoms with van der Waals surface area (Å²) in [5, 5.41) is 9.31. The molecule has 0 saturated carbocycles. The number of benzene rings is 1. The maximum Gasteiger partial charge on any atom is 0.232 e. The first-order valence-electron chi connectivity index (χ1n) is 13.0. The quantitative estimate of drug-likeness (QED) is 0.221. The molecule has 2 N–H and O–H groups in total. The van der Waals surface area contributed by atoms with Crippen molar-refractivity contribution in [3.8, 4) is 0 Å². The zero-order valence-corrected chi connectivity index (χ0v) is 23.8. The fourth-order valence-corrected chi connectivity index (χ4v) is 6.04. The lowest BCUT2D eigenvalue weighted by Crippen LogP contribution is -2.45. The molecule has 11 heteroatoms. The Morgan fingerprint density at radius 2 is 1.95 bits per heavy atom. The molecule has 2 fully saturated rings. The van der Waals surface area contributed by atoms with Crippen LogP contribution in [-0.4, -0.2) is 57.9 Å². The second-order valence-corrected chi connectivity index (χ2v) is 11.8. The van der Waals surface area contributed by atoms with Crippen LogP contribution >= 0.6 is 35.6 Å². The molecule has 0 spiro atoms. The molecule has 0 bridgehead atoms. The number of halogens is 1. The lowest BCUT2D eigenvalue weighted by atomic mass is 9.74. The third-order valence-electron chi connectivity index (χ3n) is 7.13. The Hall–Kier alpha value is -2.53. The van der Waals surface area contributed by atoms with Gasteiger partial charge in [-0.3, -0.25) is 0 Å². The first-order chi connectivity index (χ1) is 18.5. The van der Waals surface area contributed by atoms with Crippen molar-refractivity contribution in [2.45, 2.75) is 48.2 Å². The molecule has 0 amide bonds. The third kappa shape index (κ3) is 6.91. The third-order valence-corrected chi connectivity index (χ3v) is 8.44. The minimum Gasteiger partial charge on any atom is -0.381 e. The van der Waals surface area contributed by atoms with E-state index in [1.807, 2.05) is 18.2 Å². The topological polar surface area (TPSA) is 88.1 Å². The average molecular weight is 570 g/mol. The van der Waals surface area contributed by atoms with Crippen molar-refractivity contribution in [1.82, 2.24) is 25.3 Å². The fourth-order valence-electron chi connectivity index (χ4n) is 5.04. The maximum atomic E-state index is 6.16. The summed E-state index contributed by atoms with van der Waals surface area (Å²) in [7, 11) is 0. The van der Waals surface area contributed by atoms with Gasteiger partial charge in [-0.2, -0.15) is 4.98 Å². The number of hydrogen-bond donors (Lipinski definition) is 2. The summed E-state index contributed by atoms with van der Waals surface area (Å²) in [5.74, 6) is 1.97. The Morgan fingerprint density at radius 3 is 2.68 bits per heavy atom. The SMILES string of the molecule is C[C@H]1CCCN(c2cc(Sc3ncccn3)nc(NC(=S)NCC3(c4ccc(Cl)cc4)CCOCC3)n2)C1. The lowest BCUT2D eigenvalue weighted by Gasteiger charge is -2.38. The van der Waals surface area contributed by atoms with E-state index in [0.717, 1.165) is 48.2 Å². The van der Waals surface area contributed by atoms with E-state index >= 15 is 0 Å². The van der Waals surface area contributed by atoms with Crippen LogP contribution in [0.1, 0.15) is 38.2 Å². The van der Waals surface area contributed by atoms with Gasteiger partial charge in [-0.05, 0) is 79.3 Å². The van der Waals surface area contributed by atoms with E-state index in [2.05, 4.69) is 44.6 Å². The first-order valence-corrected chi connectivity index (χ1v) is 14.6. The highest BCUT2D eigenvalue weighted by atomic mass is 35.5. The molecule has 2 aliphatic rings. The molecule has 8 nitrogen and oxygen atoms in total. The molecule has 0 aliphatic carbocycles. The molecular weight excluding hydrogens is 538 g/mol. The van der Waals surface area contributed by atoms with Crippen molar-refractivity contribution in [3.05, 3.63) is 59.4 Å². The van der Waals surface area contributed by atoms with Crippen LogP contribution in [0.5, 0.6) is 0 Å². The van der Waals surface area contributed by atoms with E-state index in [1.54, 1.807) is 18.5 Å². The second kappa shape index (κ2) is 12.5. The van der Waals surface area contributed by atoms with Gasteiger partial charge >= 0.3 is 0 Å². The van der Waals surface area contributed by atoms with Crippen molar-refractivity contribution < 1.29 is 4.74 Å². The Morgan fingerprint density at radius 1 is 1.18 bits per heavy atom. The summed E-state index contributed by atoms with van der Waals surface area (Å²) in [4.78, 5) is 20.6. The highest BCUT2D eigenvalue weighted by molar-refractivity contribution is 7.99. The van der Waals surface area contributed by atoms with Crippen molar-refractivity contribution in [1.29, 1.82) is 0 Å². The monoisotopic (exact) mass is 569 g/mol. The van der Waals surface area contributed by atoms with Gasteiger partial charge in [0.05, 0.1) is 0 Å². The molecule has 4 heterocycles. The van der Waals surface area contributed by atoms with Crippen LogP contribution in [0, 0.1) is 5.92 Å². The van der Waals surface area contributed by atoms with Crippen LogP contribution < -0.4 is 15.5 Å². The molecule has 0 radical (unpaired) electrons. The number of ether oxygens (including phenoxy) is 1. The number of aromatic nitrogens is 4. The zero-order valence-electron chi connectivity index (χ0n) is 21.4. The van der Waals surface area contributed by atoms with Gasteiger partial charge in [-0.1, -0.05) is 30.7 Å². The summed E-state index contributed by atoms with van der Waals surface area (Å²) >= 11 is 13.3. The van der Waals surface area contributed by atoms with Crippen LogP contribution in [0.3, 0.4) is 0 Å². The molecule has 38 heavy (non-hydrogen) atoms. The van der Waals surface area contributed by atoms with Gasteiger partial charge in [0.2, 0.25) is 5.95 Å². The van der Waals surface area contributed by atoms with Crippen molar-refractivity contribution >= 4 is 52.5 Å². The highest BCUT2D eigenvalue weighted by Gasteiger charge is 2.34. The highest BCUT2D eigenvalue weighted by Crippen LogP contribution is 2.35. The van der Waals surface area contributed by atoms with Gasteiger partial charge in [0.25, 0.3) is 0 Å². The number of thiocarbonyl (C=S) groups is 1. The maximum absolute atomic E-state index is 6.16. The van der Waals surface area contributed by atoms with Gasteiger partial charge in [0.15, 0.2) is 10.3 Å². The predicted molar refractivity (Wildman–Crippen MR) is 156 cm³/mol. The number of hydrogen-bond acceptors (Lipinski definition) is 8. The molecule has 0 unspecified atom stereocenters. The van der Waals surface area contributed by atoms with E-state index in [0.29, 0.717) is 41.9 Å². The van der Waals surface area contributed by atoms with Crippen molar-refractivity contribution in [3.63, 3.8) is 0 Å². The van der Waals surface area contributed by atoms with Crippen LogP contribution in [0.25, 0.3) is 0 Å². The van der Waals surface area contributed by atoms with Crippen LogP contribution in [0.2, 0.25) is 5.02 Å². The fraction of sp³-hybridized carbons (Fsp3) is 0.444. The number of anilines is 2. The standard InChI is InChI=1S/C27H32ClN7OS2/c1-19-4-2-13-35(17-19)22-16-23(38-26-29-11-3-12-30-26)33-24(32-22)34-25(37)31-18-27(9-14-36-15-10-27)20-5-7-21(28)8-6-20/h3,5-8,11-12,16,19H,2,4,9-10,13-15,17-18H2,1H3,(H2,31,32,33,34,37)/t19-/m0/s1. The van der Waals surface area contributed by atoms with Crippen molar-refractivity contribution in [2.75, 3.05) is 43.1 Å². The number of nitrogens with zero attached hydrogens (tertiary/aromatic N) is 5. The molecule has 1 atom stereocenters. The van der Waals surface area contributed by atoms with E-state index in [9.17, 15) is 0 Å². The van der Waals surface area contributed by atoms with E-state index < -0.39 is 0 Å². The number of piperidine rings is 1. The molecule has 2 saturated heterocycles. The molecule has 3 aromatic rings. The van der Waals surface area contributed by atoms with Crippen LogP contribution in [0.15, 0.2) is 59.0 Å². The Balaban J connectivity index is 1.33. The zero-order chi connectivity index (χ0) is 26.4. The number of nitrogens with one attached hydrogen (secondary N) is 2. The smallest absolute Gasteiger partial charge is 0.232 e. The van der Waals surface area contributed by atoms with E-state index in [-0.39, 0.29) is 5.41 Å². The number of rotatable bonds is 7. The van der Waals surface area contributed by atoms with Gasteiger partial charge in [0, 0.05) is 61.7 Å². The summed E-state index contributed by atoms with van der Waals surface area (Å²) < 4.78 is 5.67. The summed E-state index contributed by atoms with van der Waals surface area (Å²) in [6.45, 7) is 6.33. The predicted octanol–water partition coefficient (Wildman–Crippen LogP) is 5.34. The largest absolute Gasteiger partial charge is 0.381 e. The second-order valence-electron chi connectivity index (χ2n) is 9.92. The molecule has 2 aromatic heterocycles. The molecule has 2 aliphatic heterocycles. The minimum absolute atomic E-state index is 0.0904. The van der Waals surface area contributed by atoms with Crippen LogP contribution in [-0.2, 0) is 10.2 Å². The average Bonchev–Trinajstić information content (AvgIpc) is 2.93. The Labute approximate surface area is 238 Å². The van der Waals surface area contributed by atoms with Crippen LogP contribution in [0.4, 0.5) is 11.8 Å². The van der Waals surface area contributed by atoms with Gasteiger partial charge in [0.1, 0.15) is 10.8 Å². The van der Waals surface area contributed by atoms with Gasteiger partial charge in [-0.25, -0.2) is 15.0 Å². The van der Waals surface area contributed by atoms with Gasteiger partial charge < -0.3 is 20.3 Å².